The number of hydrogen-bond acceptors (Lipinski definition) is 11. The van der Waals surface area contributed by atoms with Crippen molar-refractivity contribution in [3.8, 4) is 0 Å². The average molecular weight is 933 g/mol. The highest BCUT2D eigenvalue weighted by Crippen LogP contribution is 2.24. The van der Waals surface area contributed by atoms with E-state index < -0.39 is 71.2 Å². The van der Waals surface area contributed by atoms with E-state index in [2.05, 4.69) is 26.0 Å². The fraction of sp³-hybridized carbons (Fsp3) is 0.922. The third kappa shape index (κ3) is 35.6. The van der Waals surface area contributed by atoms with Crippen molar-refractivity contribution in [1.29, 1.82) is 0 Å². The first-order chi connectivity index (χ1) is 31.0. The van der Waals surface area contributed by atoms with Crippen LogP contribution in [0.5, 0.6) is 0 Å². The van der Waals surface area contributed by atoms with E-state index in [4.69, 9.17) is 18.9 Å². The minimum absolute atomic E-state index is 0.165. The van der Waals surface area contributed by atoms with Crippen LogP contribution in [0.1, 0.15) is 245 Å². The van der Waals surface area contributed by atoms with Gasteiger partial charge in [-0.3, -0.25) is 14.1 Å². The molecule has 2 unspecified atom stereocenters. The quantitative estimate of drug-likeness (QED) is 0.0196. The highest BCUT2D eigenvalue weighted by molar-refractivity contribution is 7.85. The number of carbonyl (C=O) groups is 2. The zero-order chi connectivity index (χ0) is 46.9. The highest BCUT2D eigenvalue weighted by Gasteiger charge is 2.46. The molecular formula is C51H96O12S. The summed E-state index contributed by atoms with van der Waals surface area (Å²) < 4.78 is 54.2. The van der Waals surface area contributed by atoms with Gasteiger partial charge in [0.2, 0.25) is 0 Å². The van der Waals surface area contributed by atoms with Gasteiger partial charge in [-0.1, -0.05) is 212 Å². The molecule has 1 heterocycles. The van der Waals surface area contributed by atoms with E-state index in [1.54, 1.807) is 0 Å². The van der Waals surface area contributed by atoms with Gasteiger partial charge < -0.3 is 34.3 Å². The Kier molecular flexibility index (Phi) is 39.2. The fourth-order valence-electron chi connectivity index (χ4n) is 8.27. The second-order valence-electron chi connectivity index (χ2n) is 18.5. The summed E-state index contributed by atoms with van der Waals surface area (Å²) in [7, 11) is -4.60. The van der Waals surface area contributed by atoms with Gasteiger partial charge >= 0.3 is 11.9 Å². The van der Waals surface area contributed by atoms with E-state index in [1.807, 2.05) is 0 Å². The second kappa shape index (κ2) is 41.6. The van der Waals surface area contributed by atoms with E-state index in [9.17, 15) is 37.9 Å². The molecule has 1 rings (SSSR count). The second-order valence-corrected chi connectivity index (χ2v) is 20.0. The first kappa shape index (κ1) is 60.4. The zero-order valence-electron chi connectivity index (χ0n) is 40.7. The van der Waals surface area contributed by atoms with Crippen molar-refractivity contribution in [2.45, 2.75) is 282 Å². The number of rotatable bonds is 45. The van der Waals surface area contributed by atoms with Crippen molar-refractivity contribution in [2.24, 2.45) is 0 Å². The molecule has 0 spiro atoms. The molecule has 1 aliphatic rings. The Hall–Kier alpha value is -1.61. The molecule has 0 aliphatic carbocycles. The minimum atomic E-state index is -4.60. The molecular weight excluding hydrogens is 837 g/mol. The van der Waals surface area contributed by atoms with Crippen molar-refractivity contribution in [1.82, 2.24) is 0 Å². The monoisotopic (exact) mass is 933 g/mol. The molecule has 0 bridgehead atoms. The van der Waals surface area contributed by atoms with Gasteiger partial charge in [-0.15, -0.1) is 0 Å². The maximum Gasteiger partial charge on any atom is 0.306 e. The molecule has 0 radical (unpaired) electrons. The topological polar surface area (TPSA) is 186 Å². The average Bonchev–Trinajstić information content (AvgIpc) is 3.26. The molecule has 6 atom stereocenters. The molecule has 0 amide bonds. The number of aliphatic hydroxyl groups excluding tert-OH is 3. The van der Waals surface area contributed by atoms with E-state index in [1.165, 1.54) is 173 Å². The third-order valence-electron chi connectivity index (χ3n) is 12.3. The summed E-state index contributed by atoms with van der Waals surface area (Å²) in [5.74, 6) is -2.01. The maximum absolute atomic E-state index is 12.8. The molecule has 13 heteroatoms. The molecule has 0 saturated carbocycles. The summed E-state index contributed by atoms with van der Waals surface area (Å²) in [5.41, 5.74) is 0. The normalized spacial score (nSPS) is 19.6. The number of ether oxygens (including phenoxy) is 4. The van der Waals surface area contributed by atoms with Gasteiger partial charge in [0, 0.05) is 12.8 Å². The molecule has 4 N–H and O–H groups in total. The van der Waals surface area contributed by atoms with E-state index in [0.717, 1.165) is 32.1 Å². The lowest BCUT2D eigenvalue weighted by Crippen LogP contribution is -2.60. The molecule has 64 heavy (non-hydrogen) atoms. The molecule has 1 saturated heterocycles. The molecule has 0 aromatic carbocycles. The van der Waals surface area contributed by atoms with Gasteiger partial charge in [0.25, 0.3) is 10.1 Å². The number of carbonyl (C=O) groups excluding carboxylic acids is 2. The van der Waals surface area contributed by atoms with Crippen molar-refractivity contribution in [3.05, 3.63) is 12.2 Å². The molecule has 0 aromatic rings. The Morgan fingerprint density at radius 1 is 0.516 bits per heavy atom. The van der Waals surface area contributed by atoms with Gasteiger partial charge in [0.15, 0.2) is 12.4 Å². The van der Waals surface area contributed by atoms with Crippen LogP contribution in [0.4, 0.5) is 0 Å². The lowest BCUT2D eigenvalue weighted by molar-refractivity contribution is -0.297. The lowest BCUT2D eigenvalue weighted by atomic mass is 10.00. The first-order valence-corrected chi connectivity index (χ1v) is 27.9. The summed E-state index contributed by atoms with van der Waals surface area (Å²) in [4.78, 5) is 25.5. The summed E-state index contributed by atoms with van der Waals surface area (Å²) in [6.07, 6.45) is 37.0. The Morgan fingerprint density at radius 2 is 0.906 bits per heavy atom. The number of unbranched alkanes of at least 4 members (excludes halogenated alkanes) is 31. The molecule has 1 aliphatic heterocycles. The van der Waals surface area contributed by atoms with Gasteiger partial charge in [-0.25, -0.2) is 0 Å². The van der Waals surface area contributed by atoms with Gasteiger partial charge in [-0.2, -0.15) is 8.42 Å². The van der Waals surface area contributed by atoms with E-state index in [-0.39, 0.29) is 19.4 Å². The number of esters is 2. The predicted molar refractivity (Wildman–Crippen MR) is 257 cm³/mol. The third-order valence-corrected chi connectivity index (χ3v) is 13.1. The lowest BCUT2D eigenvalue weighted by Gasteiger charge is -2.40. The Morgan fingerprint density at radius 3 is 1.34 bits per heavy atom. The van der Waals surface area contributed by atoms with E-state index >= 15 is 0 Å². The van der Waals surface area contributed by atoms with Gasteiger partial charge in [0.1, 0.15) is 36.8 Å². The van der Waals surface area contributed by atoms with Crippen LogP contribution >= 0.6 is 0 Å². The largest absolute Gasteiger partial charge is 0.462 e. The smallest absolute Gasteiger partial charge is 0.306 e. The predicted octanol–water partition coefficient (Wildman–Crippen LogP) is 11.8. The van der Waals surface area contributed by atoms with Crippen LogP contribution in [-0.2, 0) is 38.7 Å². The van der Waals surface area contributed by atoms with Crippen molar-refractivity contribution >= 4 is 22.1 Å². The number of allylic oxidation sites excluding steroid dienone is 2. The van der Waals surface area contributed by atoms with Crippen LogP contribution in [0.2, 0.25) is 0 Å². The van der Waals surface area contributed by atoms with Crippen molar-refractivity contribution < 1.29 is 56.8 Å². The Bertz CT molecular complexity index is 1230. The Labute approximate surface area is 390 Å². The summed E-state index contributed by atoms with van der Waals surface area (Å²) in [6.45, 7) is 3.77. The highest BCUT2D eigenvalue weighted by atomic mass is 32.2. The zero-order valence-corrected chi connectivity index (χ0v) is 41.5. The summed E-state index contributed by atoms with van der Waals surface area (Å²) in [6, 6.07) is 0. The molecule has 12 nitrogen and oxygen atoms in total. The maximum atomic E-state index is 12.8. The van der Waals surface area contributed by atoms with Crippen LogP contribution in [0.15, 0.2) is 12.2 Å². The van der Waals surface area contributed by atoms with Crippen molar-refractivity contribution in [3.63, 3.8) is 0 Å². The van der Waals surface area contributed by atoms with Gasteiger partial charge in [0.05, 0.1) is 6.61 Å². The summed E-state index contributed by atoms with van der Waals surface area (Å²) in [5, 5.41) is 30.9. The Balaban J connectivity index is 2.33. The molecule has 0 aromatic heterocycles. The number of hydrogen-bond donors (Lipinski definition) is 4. The minimum Gasteiger partial charge on any atom is -0.462 e. The van der Waals surface area contributed by atoms with Crippen LogP contribution in [-0.4, -0.2) is 96.0 Å². The van der Waals surface area contributed by atoms with Crippen LogP contribution in [0, 0.1) is 0 Å². The fourth-order valence-corrected chi connectivity index (χ4v) is 8.96. The van der Waals surface area contributed by atoms with Crippen molar-refractivity contribution in [2.75, 3.05) is 19.0 Å². The van der Waals surface area contributed by atoms with Gasteiger partial charge in [-0.05, 0) is 32.1 Å². The SMILES string of the molecule is CCCCCCCCCCCCCCCCCCCC/C=C/CCCC(=O)OC[C@H](CO[C@H]1O[C@H](CS(=O)(=O)O)[C@@H](O)C(O)C1O)OC(=O)CCCCCCCCCCCCCCC. The number of aliphatic hydroxyl groups is 3. The van der Waals surface area contributed by atoms with Crippen LogP contribution < -0.4 is 0 Å². The first-order valence-electron chi connectivity index (χ1n) is 26.2. The molecule has 378 valence electrons. The van der Waals surface area contributed by atoms with E-state index in [0.29, 0.717) is 12.8 Å². The summed E-state index contributed by atoms with van der Waals surface area (Å²) >= 11 is 0. The van der Waals surface area contributed by atoms with Crippen LogP contribution in [0.3, 0.4) is 0 Å². The van der Waals surface area contributed by atoms with Crippen LogP contribution in [0.25, 0.3) is 0 Å². The standard InChI is InChI=1S/C51H96O12S/c1-3-5-7-9-11-13-15-17-18-19-20-21-22-23-24-25-26-28-29-31-33-35-37-39-46(52)60-41-44(42-61-51-50(56)49(55)48(54)45(63-51)43-64(57,58)59)62-47(53)40-38-36-34-32-30-27-16-14-12-10-8-6-4-2/h31,33,44-45,48-51,54-56H,3-30,32,34-43H2,1-2H3,(H,57,58,59)/b33-31+/t44-,45-,48-,49?,50?,51+/m1/s1. The molecule has 1 fully saturated rings.